The van der Waals surface area contributed by atoms with E-state index in [1.807, 2.05) is 0 Å². The fraction of sp³-hybridized carbons (Fsp3) is 0.211. The third-order valence-corrected chi connectivity index (χ3v) is 3.35. The number of ether oxygens (including phenoxy) is 2. The van der Waals surface area contributed by atoms with Gasteiger partial charge in [0.05, 0.1) is 0 Å². The van der Waals surface area contributed by atoms with Gasteiger partial charge in [0.25, 0.3) is 5.91 Å². The van der Waals surface area contributed by atoms with E-state index in [2.05, 4.69) is 10.6 Å². The van der Waals surface area contributed by atoms with Crippen LogP contribution in [0.5, 0.6) is 5.75 Å². The number of para-hydroxylation sites is 1. The largest absolute Gasteiger partial charge is 0.479 e. The molecule has 0 radical (unpaired) electrons. The summed E-state index contributed by atoms with van der Waals surface area (Å²) in [6.07, 6.45) is -1.36. The molecule has 2 aromatic rings. The molecule has 142 valence electrons. The summed E-state index contributed by atoms with van der Waals surface area (Å²) in [5, 5.41) is 4.51. The summed E-state index contributed by atoms with van der Waals surface area (Å²) in [5.74, 6) is -2.44. The van der Waals surface area contributed by atoms with Crippen molar-refractivity contribution >= 4 is 17.9 Å². The van der Waals surface area contributed by atoms with Gasteiger partial charge >= 0.3 is 12.0 Å². The third kappa shape index (κ3) is 6.10. The molecule has 0 bridgehead atoms. The molecule has 0 heterocycles. The summed E-state index contributed by atoms with van der Waals surface area (Å²) in [5.41, 5.74) is 0.374. The summed E-state index contributed by atoms with van der Waals surface area (Å²) in [6, 6.07) is 13.1. The maximum Gasteiger partial charge on any atom is 0.345 e. The quantitative estimate of drug-likeness (QED) is 0.726. The van der Waals surface area contributed by atoms with Gasteiger partial charge in [-0.3, -0.25) is 10.1 Å². The van der Waals surface area contributed by atoms with Crippen LogP contribution < -0.4 is 15.4 Å². The molecular weight excluding hydrogens is 355 g/mol. The number of amides is 3. The Balaban J connectivity index is 2.05. The molecule has 2 aromatic carbocycles. The number of hydrogen-bond acceptors (Lipinski definition) is 5. The molecule has 0 aliphatic heterocycles. The fourth-order valence-electron chi connectivity index (χ4n) is 2.15. The number of benzene rings is 2. The Kier molecular flexibility index (Phi) is 7.30. The smallest absolute Gasteiger partial charge is 0.345 e. The van der Waals surface area contributed by atoms with Gasteiger partial charge in [0.15, 0.2) is 18.2 Å². The molecule has 0 unspecified atom stereocenters. The molecule has 8 heteroatoms. The predicted molar refractivity (Wildman–Crippen MR) is 94.4 cm³/mol. The second-order valence-electron chi connectivity index (χ2n) is 5.35. The molecular formula is C19H19FN2O5. The summed E-state index contributed by atoms with van der Waals surface area (Å²) in [7, 11) is 0. The number of urea groups is 1. The second-order valence-corrected chi connectivity index (χ2v) is 5.35. The summed E-state index contributed by atoms with van der Waals surface area (Å²) in [6.45, 7) is 1.42. The molecule has 0 spiro atoms. The number of nitrogens with one attached hydrogen (secondary N) is 2. The first-order valence-electron chi connectivity index (χ1n) is 8.21. The minimum absolute atomic E-state index is 0.113. The highest BCUT2D eigenvalue weighted by Crippen LogP contribution is 2.19. The molecule has 0 saturated heterocycles. The first-order chi connectivity index (χ1) is 13.0. The zero-order chi connectivity index (χ0) is 19.6. The van der Waals surface area contributed by atoms with Crippen molar-refractivity contribution < 1.29 is 28.2 Å². The van der Waals surface area contributed by atoms with Crippen LogP contribution in [-0.2, 0) is 14.3 Å². The Morgan fingerprint density at radius 2 is 1.70 bits per heavy atom. The summed E-state index contributed by atoms with van der Waals surface area (Å²) >= 11 is 0. The van der Waals surface area contributed by atoms with Crippen LogP contribution in [0.25, 0.3) is 0 Å². The van der Waals surface area contributed by atoms with Gasteiger partial charge in [-0.05, 0) is 19.1 Å². The van der Waals surface area contributed by atoms with E-state index in [-0.39, 0.29) is 5.75 Å². The Morgan fingerprint density at radius 3 is 2.37 bits per heavy atom. The van der Waals surface area contributed by atoms with Crippen molar-refractivity contribution in [3.8, 4) is 5.75 Å². The molecule has 0 saturated carbocycles. The number of carbonyl (C=O) groups is 3. The fourth-order valence-corrected chi connectivity index (χ4v) is 2.15. The van der Waals surface area contributed by atoms with Gasteiger partial charge in [0, 0.05) is 12.1 Å². The lowest BCUT2D eigenvalue weighted by atomic mass is 10.1. The average Bonchev–Trinajstić information content (AvgIpc) is 2.66. The molecule has 1 atom stereocenters. The van der Waals surface area contributed by atoms with Gasteiger partial charge in [-0.2, -0.15) is 0 Å². The minimum atomic E-state index is -1.36. The lowest BCUT2D eigenvalue weighted by Crippen LogP contribution is -2.42. The summed E-state index contributed by atoms with van der Waals surface area (Å²) < 4.78 is 23.8. The molecule has 2 rings (SSSR count). The van der Waals surface area contributed by atoms with Gasteiger partial charge in [-0.1, -0.05) is 42.5 Å². The van der Waals surface area contributed by atoms with Crippen molar-refractivity contribution in [3.05, 3.63) is 66.0 Å². The van der Waals surface area contributed by atoms with Crippen molar-refractivity contribution in [2.45, 2.75) is 13.0 Å². The van der Waals surface area contributed by atoms with Crippen LogP contribution in [0.15, 0.2) is 54.6 Å². The van der Waals surface area contributed by atoms with Crippen molar-refractivity contribution in [2.24, 2.45) is 0 Å². The maximum atomic E-state index is 13.5. The Bertz CT molecular complexity index is 798. The van der Waals surface area contributed by atoms with E-state index in [0.717, 1.165) is 0 Å². The van der Waals surface area contributed by atoms with E-state index in [1.165, 1.54) is 18.2 Å². The number of carbonyl (C=O) groups excluding carboxylic acids is 3. The lowest BCUT2D eigenvalue weighted by molar-refractivity contribution is -0.158. The van der Waals surface area contributed by atoms with Crippen LogP contribution in [0.3, 0.4) is 0 Å². The van der Waals surface area contributed by atoms with Crippen molar-refractivity contribution in [3.63, 3.8) is 0 Å². The molecule has 7 nitrogen and oxygen atoms in total. The van der Waals surface area contributed by atoms with Crippen LogP contribution in [0.4, 0.5) is 9.18 Å². The third-order valence-electron chi connectivity index (χ3n) is 3.35. The molecule has 0 aromatic heterocycles. The van der Waals surface area contributed by atoms with Gasteiger partial charge < -0.3 is 14.8 Å². The molecule has 0 fully saturated rings. The predicted octanol–water partition coefficient (Wildman–Crippen LogP) is 2.33. The van der Waals surface area contributed by atoms with E-state index in [4.69, 9.17) is 9.47 Å². The second kappa shape index (κ2) is 9.91. The minimum Gasteiger partial charge on any atom is -0.479 e. The first kappa shape index (κ1) is 19.9. The van der Waals surface area contributed by atoms with Gasteiger partial charge in [-0.15, -0.1) is 0 Å². The topological polar surface area (TPSA) is 93.7 Å². The summed E-state index contributed by atoms with van der Waals surface area (Å²) in [4.78, 5) is 36.0. The maximum absolute atomic E-state index is 13.5. The van der Waals surface area contributed by atoms with Crippen LogP contribution in [0.1, 0.15) is 18.6 Å². The van der Waals surface area contributed by atoms with Crippen LogP contribution in [0, 0.1) is 5.82 Å². The lowest BCUT2D eigenvalue weighted by Gasteiger charge is -2.18. The van der Waals surface area contributed by atoms with Crippen LogP contribution >= 0.6 is 0 Å². The van der Waals surface area contributed by atoms with E-state index in [1.54, 1.807) is 43.3 Å². The normalized spacial score (nSPS) is 11.2. The number of esters is 1. The van der Waals surface area contributed by atoms with E-state index in [9.17, 15) is 18.8 Å². The highest BCUT2D eigenvalue weighted by molar-refractivity contribution is 5.97. The number of hydrogen-bond donors (Lipinski definition) is 2. The van der Waals surface area contributed by atoms with E-state index < -0.39 is 36.4 Å². The number of rotatable bonds is 7. The molecule has 3 amide bonds. The van der Waals surface area contributed by atoms with E-state index >= 15 is 0 Å². The van der Waals surface area contributed by atoms with Gasteiger partial charge in [-0.25, -0.2) is 14.0 Å². The van der Waals surface area contributed by atoms with Crippen molar-refractivity contribution in [2.75, 3.05) is 13.2 Å². The molecule has 27 heavy (non-hydrogen) atoms. The monoisotopic (exact) mass is 374 g/mol. The standard InChI is InChI=1S/C19H19FN2O5/c1-2-21-19(25)22-18(24)17(13-8-4-3-5-9-13)27-16(23)12-26-15-11-7-6-10-14(15)20/h3-11,17H,2,12H2,1H3,(H2,21,22,24,25)/t17-/m1/s1. The number of halogens is 1. The molecule has 2 N–H and O–H groups in total. The SMILES string of the molecule is CCNC(=O)NC(=O)[C@H](OC(=O)COc1ccccc1F)c1ccccc1. The average molecular weight is 374 g/mol. The Morgan fingerprint density at radius 1 is 1.04 bits per heavy atom. The van der Waals surface area contributed by atoms with Gasteiger partial charge in [0.1, 0.15) is 0 Å². The molecule has 0 aliphatic rings. The highest BCUT2D eigenvalue weighted by atomic mass is 19.1. The van der Waals surface area contributed by atoms with E-state index in [0.29, 0.717) is 12.1 Å². The van der Waals surface area contributed by atoms with Crippen molar-refractivity contribution in [1.82, 2.24) is 10.6 Å². The molecule has 0 aliphatic carbocycles. The first-order valence-corrected chi connectivity index (χ1v) is 8.21. The van der Waals surface area contributed by atoms with Crippen LogP contribution in [0.2, 0.25) is 0 Å². The Labute approximate surface area is 155 Å². The number of imide groups is 1. The zero-order valence-corrected chi connectivity index (χ0v) is 14.6. The van der Waals surface area contributed by atoms with Crippen LogP contribution in [-0.4, -0.2) is 31.1 Å². The van der Waals surface area contributed by atoms with Gasteiger partial charge in [0.2, 0.25) is 6.10 Å². The van der Waals surface area contributed by atoms with Crippen molar-refractivity contribution in [1.29, 1.82) is 0 Å². The highest BCUT2D eigenvalue weighted by Gasteiger charge is 2.26. The Hall–Kier alpha value is -3.42. The zero-order valence-electron chi connectivity index (χ0n) is 14.6.